The Labute approximate surface area is 212 Å². The smallest absolute Gasteiger partial charge is 0.0917 e. The first kappa shape index (κ1) is 22.2. The summed E-state index contributed by atoms with van der Waals surface area (Å²) in [6, 6.07) is 33.9. The molecule has 5 rings (SSSR count). The van der Waals surface area contributed by atoms with E-state index in [0.717, 1.165) is 11.4 Å². The van der Waals surface area contributed by atoms with Gasteiger partial charge in [0, 0.05) is 23.2 Å². The lowest BCUT2D eigenvalue weighted by Crippen LogP contribution is -2.01. The van der Waals surface area contributed by atoms with E-state index >= 15 is 0 Å². The first-order valence-corrected chi connectivity index (χ1v) is 12.7. The quantitative estimate of drug-likeness (QED) is 0.190. The summed E-state index contributed by atoms with van der Waals surface area (Å²) in [4.78, 5) is 0. The molecule has 1 fully saturated rings. The molecule has 0 amide bonds. The standard InChI is InChI=1S/C29H26Br2N2/c1-18(19-2-4-20(5-3-19)22-10-14-25(32)15-11-22)27-28(29(27,30)31)24-8-6-21(7-9-24)23-12-16-26(33)17-13-23/h2-18,27-28H,32-33H2,1H3. The number of alkyl halides is 2. The average molecular weight is 562 g/mol. The van der Waals surface area contributed by atoms with Gasteiger partial charge < -0.3 is 11.5 Å². The zero-order valence-electron chi connectivity index (χ0n) is 18.4. The van der Waals surface area contributed by atoms with Crippen LogP contribution in [0.3, 0.4) is 0 Å². The number of benzene rings is 4. The van der Waals surface area contributed by atoms with Crippen molar-refractivity contribution in [3.8, 4) is 22.3 Å². The maximum Gasteiger partial charge on any atom is 0.0917 e. The Morgan fingerprint density at radius 1 is 0.606 bits per heavy atom. The molecule has 1 aliphatic carbocycles. The van der Waals surface area contributed by atoms with Crippen LogP contribution in [0.2, 0.25) is 0 Å². The zero-order chi connectivity index (χ0) is 23.2. The van der Waals surface area contributed by atoms with Crippen LogP contribution < -0.4 is 11.5 Å². The highest BCUT2D eigenvalue weighted by molar-refractivity contribution is 9.25. The fourth-order valence-electron chi connectivity index (χ4n) is 4.82. The normalized spacial score (nSPS) is 19.7. The van der Waals surface area contributed by atoms with E-state index in [1.54, 1.807) is 0 Å². The van der Waals surface area contributed by atoms with Crippen molar-refractivity contribution in [3.05, 3.63) is 108 Å². The molecule has 0 bridgehead atoms. The SMILES string of the molecule is CC(c1ccc(-c2ccc(N)cc2)cc1)C1C(c2ccc(-c3ccc(N)cc3)cc2)C1(Br)Br. The van der Waals surface area contributed by atoms with Crippen LogP contribution in [0, 0.1) is 5.92 Å². The van der Waals surface area contributed by atoms with Crippen LogP contribution in [-0.2, 0) is 0 Å². The minimum absolute atomic E-state index is 0.0856. The third kappa shape index (κ3) is 4.34. The number of rotatable bonds is 5. The molecule has 0 heterocycles. The van der Waals surface area contributed by atoms with E-state index in [1.165, 1.54) is 33.4 Å². The number of anilines is 2. The summed E-state index contributed by atoms with van der Waals surface area (Å²) in [6.07, 6.45) is 0. The molecule has 3 atom stereocenters. The van der Waals surface area contributed by atoms with Crippen molar-refractivity contribution >= 4 is 43.2 Å². The van der Waals surface area contributed by atoms with E-state index in [0.29, 0.717) is 17.8 Å². The molecule has 4 N–H and O–H groups in total. The molecule has 0 saturated heterocycles. The summed E-state index contributed by atoms with van der Waals surface area (Å²) in [6.45, 7) is 2.32. The van der Waals surface area contributed by atoms with E-state index in [4.69, 9.17) is 11.5 Å². The predicted molar refractivity (Wildman–Crippen MR) is 148 cm³/mol. The lowest BCUT2D eigenvalue weighted by molar-refractivity contribution is 0.644. The second-order valence-corrected chi connectivity index (χ2v) is 12.6. The number of hydrogen-bond donors (Lipinski definition) is 2. The van der Waals surface area contributed by atoms with Crippen molar-refractivity contribution in [2.75, 3.05) is 11.5 Å². The first-order chi connectivity index (χ1) is 15.8. The molecule has 166 valence electrons. The van der Waals surface area contributed by atoms with Gasteiger partial charge in [0.15, 0.2) is 0 Å². The van der Waals surface area contributed by atoms with Crippen LogP contribution in [-0.4, -0.2) is 3.23 Å². The van der Waals surface area contributed by atoms with Gasteiger partial charge in [0.2, 0.25) is 0 Å². The van der Waals surface area contributed by atoms with Gasteiger partial charge in [0.05, 0.1) is 3.23 Å². The van der Waals surface area contributed by atoms with Gasteiger partial charge in [-0.3, -0.25) is 0 Å². The Bertz CT molecular complexity index is 1250. The summed E-state index contributed by atoms with van der Waals surface area (Å²) in [5.41, 5.74) is 20.7. The number of nitrogen functional groups attached to an aromatic ring is 2. The van der Waals surface area contributed by atoms with Crippen molar-refractivity contribution in [1.29, 1.82) is 0 Å². The lowest BCUT2D eigenvalue weighted by Gasteiger charge is -2.14. The summed E-state index contributed by atoms with van der Waals surface area (Å²) < 4.78 is -0.0856. The molecule has 0 radical (unpaired) electrons. The molecule has 4 heteroatoms. The summed E-state index contributed by atoms with van der Waals surface area (Å²) in [7, 11) is 0. The van der Waals surface area contributed by atoms with Crippen LogP contribution in [0.15, 0.2) is 97.1 Å². The van der Waals surface area contributed by atoms with Gasteiger partial charge in [0.1, 0.15) is 0 Å². The lowest BCUT2D eigenvalue weighted by atomic mass is 9.91. The van der Waals surface area contributed by atoms with Crippen molar-refractivity contribution in [2.45, 2.75) is 22.0 Å². The van der Waals surface area contributed by atoms with Gasteiger partial charge in [-0.1, -0.05) is 112 Å². The highest BCUT2D eigenvalue weighted by Crippen LogP contribution is 2.71. The van der Waals surface area contributed by atoms with E-state index < -0.39 is 0 Å². The zero-order valence-corrected chi connectivity index (χ0v) is 21.6. The van der Waals surface area contributed by atoms with Crippen LogP contribution in [0.4, 0.5) is 11.4 Å². The molecule has 4 aromatic carbocycles. The number of hydrogen-bond acceptors (Lipinski definition) is 2. The molecular formula is C29H26Br2N2. The molecule has 1 aliphatic rings. The van der Waals surface area contributed by atoms with Gasteiger partial charge in [-0.25, -0.2) is 0 Å². The highest BCUT2D eigenvalue weighted by Gasteiger charge is 2.64. The Morgan fingerprint density at radius 2 is 0.970 bits per heavy atom. The molecule has 0 aliphatic heterocycles. The van der Waals surface area contributed by atoms with Gasteiger partial charge >= 0.3 is 0 Å². The third-order valence-electron chi connectivity index (χ3n) is 6.84. The van der Waals surface area contributed by atoms with Gasteiger partial charge in [-0.15, -0.1) is 0 Å². The Morgan fingerprint density at radius 3 is 1.39 bits per heavy atom. The largest absolute Gasteiger partial charge is 0.399 e. The van der Waals surface area contributed by atoms with Crippen LogP contribution in [0.5, 0.6) is 0 Å². The minimum Gasteiger partial charge on any atom is -0.399 e. The molecule has 4 aromatic rings. The molecule has 33 heavy (non-hydrogen) atoms. The van der Waals surface area contributed by atoms with E-state index in [1.807, 2.05) is 24.3 Å². The van der Waals surface area contributed by atoms with Crippen LogP contribution in [0.1, 0.15) is 29.9 Å². The fourth-order valence-corrected chi connectivity index (χ4v) is 6.98. The van der Waals surface area contributed by atoms with Gasteiger partial charge in [-0.2, -0.15) is 0 Å². The molecule has 0 aromatic heterocycles. The number of halogens is 2. The molecule has 0 spiro atoms. The first-order valence-electron chi connectivity index (χ1n) is 11.1. The van der Waals surface area contributed by atoms with Crippen molar-refractivity contribution < 1.29 is 0 Å². The van der Waals surface area contributed by atoms with Gasteiger partial charge in [0.25, 0.3) is 0 Å². The minimum atomic E-state index is -0.0856. The second-order valence-electron chi connectivity index (χ2n) is 8.95. The van der Waals surface area contributed by atoms with E-state index in [2.05, 4.69) is 112 Å². The summed E-state index contributed by atoms with van der Waals surface area (Å²) >= 11 is 7.95. The average Bonchev–Trinajstić information content (AvgIpc) is 3.41. The monoisotopic (exact) mass is 560 g/mol. The molecule has 3 unspecified atom stereocenters. The van der Waals surface area contributed by atoms with Gasteiger partial charge in [-0.05, 0) is 63.6 Å². The summed E-state index contributed by atoms with van der Waals surface area (Å²) in [5, 5.41) is 0. The Hall–Kier alpha value is -2.56. The molecule has 1 saturated carbocycles. The highest BCUT2D eigenvalue weighted by atomic mass is 79.9. The van der Waals surface area contributed by atoms with Crippen molar-refractivity contribution in [3.63, 3.8) is 0 Å². The third-order valence-corrected chi connectivity index (χ3v) is 8.89. The van der Waals surface area contributed by atoms with Crippen LogP contribution >= 0.6 is 31.9 Å². The Kier molecular flexibility index (Phi) is 5.84. The fraction of sp³-hybridized carbons (Fsp3) is 0.172. The Balaban J connectivity index is 1.33. The molecular weight excluding hydrogens is 536 g/mol. The van der Waals surface area contributed by atoms with Crippen molar-refractivity contribution in [2.24, 2.45) is 5.92 Å². The predicted octanol–water partition coefficient (Wildman–Crippen LogP) is 8.19. The van der Waals surface area contributed by atoms with Crippen LogP contribution in [0.25, 0.3) is 22.3 Å². The van der Waals surface area contributed by atoms with Crippen molar-refractivity contribution in [1.82, 2.24) is 0 Å². The topological polar surface area (TPSA) is 52.0 Å². The molecule has 2 nitrogen and oxygen atoms in total. The maximum absolute atomic E-state index is 5.83. The second kappa shape index (κ2) is 8.66. The van der Waals surface area contributed by atoms with E-state index in [9.17, 15) is 0 Å². The maximum atomic E-state index is 5.83. The summed E-state index contributed by atoms with van der Waals surface area (Å²) in [5.74, 6) is 1.28. The number of nitrogens with two attached hydrogens (primary N) is 2. The van der Waals surface area contributed by atoms with E-state index in [-0.39, 0.29) is 3.23 Å².